The lowest BCUT2D eigenvalue weighted by Crippen LogP contribution is -2.41. The molecule has 2 heterocycles. The minimum absolute atomic E-state index is 0.0801. The molecule has 6 heteroatoms. The molecule has 1 aromatic heterocycles. The third-order valence-electron chi connectivity index (χ3n) is 3.32. The maximum Gasteiger partial charge on any atom is 0.341 e. The Kier molecular flexibility index (Phi) is 4.95. The molecule has 1 fully saturated rings. The van der Waals surface area contributed by atoms with Crippen molar-refractivity contribution in [3.05, 3.63) is 29.0 Å². The van der Waals surface area contributed by atoms with Crippen LogP contribution in [-0.2, 0) is 9.53 Å². The number of pyridine rings is 1. The van der Waals surface area contributed by atoms with Crippen molar-refractivity contribution >= 4 is 23.5 Å². The molecule has 0 aliphatic carbocycles. The van der Waals surface area contributed by atoms with E-state index in [9.17, 15) is 9.59 Å². The lowest BCUT2D eigenvalue weighted by molar-refractivity contribution is -0.136. The maximum absolute atomic E-state index is 12.0. The summed E-state index contributed by atoms with van der Waals surface area (Å²) in [6.45, 7) is 3.32. The minimum atomic E-state index is -0.624. The first-order valence-corrected chi connectivity index (χ1v) is 7.01. The van der Waals surface area contributed by atoms with Crippen LogP contribution in [0.15, 0.2) is 18.3 Å². The van der Waals surface area contributed by atoms with Crippen LogP contribution in [0.2, 0.25) is 5.15 Å². The van der Waals surface area contributed by atoms with E-state index in [-0.39, 0.29) is 23.2 Å². The van der Waals surface area contributed by atoms with Gasteiger partial charge in [-0.3, -0.25) is 4.79 Å². The second kappa shape index (κ2) is 6.70. The highest BCUT2D eigenvalue weighted by Crippen LogP contribution is 2.16. The monoisotopic (exact) mass is 296 g/mol. The van der Waals surface area contributed by atoms with Gasteiger partial charge in [0.15, 0.2) is 6.61 Å². The van der Waals surface area contributed by atoms with Crippen molar-refractivity contribution in [2.75, 3.05) is 19.7 Å². The van der Waals surface area contributed by atoms with Crippen LogP contribution in [-0.4, -0.2) is 41.5 Å². The lowest BCUT2D eigenvalue weighted by Gasteiger charge is -2.30. The number of carbonyl (C=O) groups is 2. The second-order valence-corrected chi connectivity index (χ2v) is 5.36. The van der Waals surface area contributed by atoms with E-state index in [1.54, 1.807) is 11.0 Å². The number of likely N-dealkylation sites (tertiary alicyclic amines) is 1. The van der Waals surface area contributed by atoms with Gasteiger partial charge in [-0.15, -0.1) is 0 Å². The van der Waals surface area contributed by atoms with Gasteiger partial charge in [0.05, 0.1) is 5.56 Å². The molecule has 0 radical (unpaired) electrons. The summed E-state index contributed by atoms with van der Waals surface area (Å²) in [4.78, 5) is 29.3. The van der Waals surface area contributed by atoms with E-state index in [0.29, 0.717) is 5.92 Å². The fraction of sp³-hybridized carbons (Fsp3) is 0.500. The molecule has 1 atom stereocenters. The van der Waals surface area contributed by atoms with Crippen molar-refractivity contribution in [1.82, 2.24) is 9.88 Å². The molecule has 1 aliphatic heterocycles. The lowest BCUT2D eigenvalue weighted by atomic mass is 10.0. The molecule has 1 unspecified atom stereocenters. The number of halogens is 1. The van der Waals surface area contributed by atoms with Gasteiger partial charge in [-0.05, 0) is 30.9 Å². The maximum atomic E-state index is 12.0. The molecule has 108 valence electrons. The largest absolute Gasteiger partial charge is 0.452 e. The van der Waals surface area contributed by atoms with Crippen LogP contribution < -0.4 is 0 Å². The Bertz CT molecular complexity index is 507. The Morgan fingerprint density at radius 1 is 1.55 bits per heavy atom. The van der Waals surface area contributed by atoms with Crippen LogP contribution in [0.4, 0.5) is 0 Å². The number of hydrogen-bond acceptors (Lipinski definition) is 4. The van der Waals surface area contributed by atoms with E-state index in [1.165, 1.54) is 12.3 Å². The Morgan fingerprint density at radius 2 is 2.35 bits per heavy atom. The molecule has 1 aliphatic rings. The first-order valence-electron chi connectivity index (χ1n) is 6.63. The zero-order valence-electron chi connectivity index (χ0n) is 11.3. The number of rotatable bonds is 3. The standard InChI is InChI=1S/C14H17ClN2O3/c1-10-4-3-7-17(8-10)12(18)9-20-14(19)11-5-2-6-16-13(11)15/h2,5-6,10H,3-4,7-9H2,1H3. The Morgan fingerprint density at radius 3 is 3.05 bits per heavy atom. The highest BCUT2D eigenvalue weighted by atomic mass is 35.5. The first kappa shape index (κ1) is 14.8. The van der Waals surface area contributed by atoms with E-state index < -0.39 is 5.97 Å². The number of piperidine rings is 1. The average molecular weight is 297 g/mol. The van der Waals surface area contributed by atoms with Gasteiger partial charge < -0.3 is 9.64 Å². The summed E-state index contributed by atoms with van der Waals surface area (Å²) in [6.07, 6.45) is 3.61. The fourth-order valence-corrected chi connectivity index (χ4v) is 2.45. The van der Waals surface area contributed by atoms with Crippen molar-refractivity contribution in [3.63, 3.8) is 0 Å². The molecule has 2 rings (SSSR count). The Hall–Kier alpha value is -1.62. The SMILES string of the molecule is CC1CCCN(C(=O)COC(=O)c2cccnc2Cl)C1. The zero-order chi connectivity index (χ0) is 14.5. The van der Waals surface area contributed by atoms with Crippen LogP contribution in [0.25, 0.3) is 0 Å². The smallest absolute Gasteiger partial charge is 0.341 e. The van der Waals surface area contributed by atoms with Gasteiger partial charge >= 0.3 is 5.97 Å². The summed E-state index contributed by atoms with van der Waals surface area (Å²) >= 11 is 5.79. The molecule has 0 bridgehead atoms. The summed E-state index contributed by atoms with van der Waals surface area (Å²) in [7, 11) is 0. The van der Waals surface area contributed by atoms with Crippen molar-refractivity contribution < 1.29 is 14.3 Å². The van der Waals surface area contributed by atoms with E-state index in [0.717, 1.165) is 25.9 Å². The molecule has 5 nitrogen and oxygen atoms in total. The minimum Gasteiger partial charge on any atom is -0.452 e. The van der Waals surface area contributed by atoms with E-state index in [4.69, 9.17) is 16.3 Å². The molecule has 1 saturated heterocycles. The highest BCUT2D eigenvalue weighted by Gasteiger charge is 2.22. The molecule has 1 aromatic rings. The van der Waals surface area contributed by atoms with Crippen LogP contribution in [0.5, 0.6) is 0 Å². The normalized spacial score (nSPS) is 18.7. The number of carbonyl (C=O) groups excluding carboxylic acids is 2. The zero-order valence-corrected chi connectivity index (χ0v) is 12.1. The predicted molar refractivity (Wildman–Crippen MR) is 74.5 cm³/mol. The first-order chi connectivity index (χ1) is 9.58. The molecule has 20 heavy (non-hydrogen) atoms. The summed E-state index contributed by atoms with van der Waals surface area (Å²) in [6, 6.07) is 3.11. The van der Waals surface area contributed by atoms with Gasteiger partial charge in [-0.2, -0.15) is 0 Å². The summed E-state index contributed by atoms with van der Waals surface area (Å²) in [5, 5.41) is 0.0801. The van der Waals surface area contributed by atoms with E-state index in [2.05, 4.69) is 11.9 Å². The topological polar surface area (TPSA) is 59.5 Å². The molecule has 1 amide bonds. The van der Waals surface area contributed by atoms with Crippen LogP contribution in [0.3, 0.4) is 0 Å². The van der Waals surface area contributed by atoms with Crippen molar-refractivity contribution in [3.8, 4) is 0 Å². The van der Waals surface area contributed by atoms with Crippen LogP contribution >= 0.6 is 11.6 Å². The summed E-state index contributed by atoms with van der Waals surface area (Å²) in [5.41, 5.74) is 0.175. The van der Waals surface area contributed by atoms with Gasteiger partial charge in [-0.25, -0.2) is 9.78 Å². The molecule has 0 spiro atoms. The Labute approximate surface area is 122 Å². The van der Waals surface area contributed by atoms with Gasteiger partial charge in [0.1, 0.15) is 5.15 Å². The quantitative estimate of drug-likeness (QED) is 0.633. The molecular weight excluding hydrogens is 280 g/mol. The Balaban J connectivity index is 1.87. The summed E-state index contributed by atoms with van der Waals surface area (Å²) in [5.74, 6) is -0.289. The molecule has 0 saturated carbocycles. The number of ether oxygens (including phenoxy) is 1. The van der Waals surface area contributed by atoms with Crippen LogP contribution in [0.1, 0.15) is 30.1 Å². The fourth-order valence-electron chi connectivity index (χ4n) is 2.25. The van der Waals surface area contributed by atoms with Gasteiger partial charge in [-0.1, -0.05) is 18.5 Å². The third-order valence-corrected chi connectivity index (χ3v) is 3.62. The number of aromatic nitrogens is 1. The number of amides is 1. The van der Waals surface area contributed by atoms with Crippen LogP contribution in [0, 0.1) is 5.92 Å². The predicted octanol–water partition coefficient (Wildman–Crippen LogP) is 2.15. The number of esters is 1. The highest BCUT2D eigenvalue weighted by molar-refractivity contribution is 6.32. The molecule has 0 aromatic carbocycles. The number of nitrogens with zero attached hydrogens (tertiary/aromatic N) is 2. The van der Waals surface area contributed by atoms with Crippen molar-refractivity contribution in [2.45, 2.75) is 19.8 Å². The van der Waals surface area contributed by atoms with Gasteiger partial charge in [0.2, 0.25) is 0 Å². The van der Waals surface area contributed by atoms with Crippen molar-refractivity contribution in [2.24, 2.45) is 5.92 Å². The summed E-state index contributed by atoms with van der Waals surface area (Å²) < 4.78 is 5.00. The second-order valence-electron chi connectivity index (χ2n) is 5.01. The third kappa shape index (κ3) is 3.70. The number of hydrogen-bond donors (Lipinski definition) is 0. The van der Waals surface area contributed by atoms with Gasteiger partial charge in [0, 0.05) is 19.3 Å². The molecule has 0 N–H and O–H groups in total. The average Bonchev–Trinajstić information content (AvgIpc) is 2.45. The molecular formula is C14H17ClN2O3. The van der Waals surface area contributed by atoms with E-state index >= 15 is 0 Å². The van der Waals surface area contributed by atoms with Gasteiger partial charge in [0.25, 0.3) is 5.91 Å². The van der Waals surface area contributed by atoms with E-state index in [1.807, 2.05) is 0 Å². The van der Waals surface area contributed by atoms with Crippen molar-refractivity contribution in [1.29, 1.82) is 0 Å².